The fourth-order valence-corrected chi connectivity index (χ4v) is 3.80. The van der Waals surface area contributed by atoms with Gasteiger partial charge in [0.05, 0.1) is 5.41 Å². The molecule has 0 aliphatic carbocycles. The summed E-state index contributed by atoms with van der Waals surface area (Å²) < 4.78 is 12.1. The quantitative estimate of drug-likeness (QED) is 0.471. The van der Waals surface area contributed by atoms with Crippen LogP contribution in [0, 0.1) is 12.3 Å². The van der Waals surface area contributed by atoms with Gasteiger partial charge < -0.3 is 14.6 Å². The van der Waals surface area contributed by atoms with Crippen LogP contribution in [0.4, 0.5) is 0 Å². The third kappa shape index (κ3) is 7.92. The molecule has 33 heavy (non-hydrogen) atoms. The summed E-state index contributed by atoms with van der Waals surface area (Å²) in [5.41, 5.74) is 2.96. The van der Waals surface area contributed by atoms with E-state index in [2.05, 4.69) is 57.2 Å². The average molecular weight is 457 g/mol. The number of benzene rings is 1. The maximum atomic E-state index is 12.2. The number of hydrogen-bond acceptors (Lipinski definition) is 4. The van der Waals surface area contributed by atoms with Gasteiger partial charge in [0.25, 0.3) is 6.47 Å². The number of ether oxygens (including phenoxy) is 2. The first-order chi connectivity index (χ1) is 15.5. The van der Waals surface area contributed by atoms with Crippen molar-refractivity contribution in [2.45, 2.75) is 73.1 Å². The summed E-state index contributed by atoms with van der Waals surface area (Å²) in [7, 11) is 0. The minimum absolute atomic E-state index is 0.0999. The highest BCUT2D eigenvalue weighted by Gasteiger charge is 2.35. The average Bonchev–Trinajstić information content (AvgIpc) is 2.86. The molecular formula is C28H40O5. The van der Waals surface area contributed by atoms with Crippen LogP contribution >= 0.6 is 0 Å². The smallest absolute Gasteiger partial charge is 0.290 e. The second kappa shape index (κ2) is 13.0. The first-order valence-electron chi connectivity index (χ1n) is 11.6. The van der Waals surface area contributed by atoms with Gasteiger partial charge in [-0.2, -0.15) is 0 Å². The number of rotatable bonds is 7. The maximum Gasteiger partial charge on any atom is 0.290 e. The molecule has 1 aliphatic rings. The zero-order valence-electron chi connectivity index (χ0n) is 21.2. The highest BCUT2D eigenvalue weighted by atomic mass is 16.5. The first kappa shape index (κ1) is 28.2. The molecule has 5 heteroatoms. The Bertz CT molecular complexity index is 880. The highest BCUT2D eigenvalue weighted by molar-refractivity contribution is 5.85. The van der Waals surface area contributed by atoms with Gasteiger partial charge in [0.1, 0.15) is 24.7 Å². The predicted molar refractivity (Wildman–Crippen MR) is 134 cm³/mol. The van der Waals surface area contributed by atoms with Crippen molar-refractivity contribution in [3.8, 4) is 5.75 Å². The Morgan fingerprint density at radius 3 is 2.33 bits per heavy atom. The topological polar surface area (TPSA) is 72.8 Å². The Morgan fingerprint density at radius 2 is 1.79 bits per heavy atom. The molecule has 0 amide bonds. The Labute approximate surface area is 199 Å². The molecule has 0 radical (unpaired) electrons. The lowest BCUT2D eigenvalue weighted by molar-refractivity contribution is -0.128. The van der Waals surface area contributed by atoms with Crippen LogP contribution in [0.5, 0.6) is 5.75 Å². The van der Waals surface area contributed by atoms with Crippen molar-refractivity contribution in [3.05, 3.63) is 65.0 Å². The van der Waals surface area contributed by atoms with Gasteiger partial charge in [0.15, 0.2) is 5.78 Å². The van der Waals surface area contributed by atoms with E-state index in [4.69, 9.17) is 19.4 Å². The number of carbonyl (C=O) groups is 2. The minimum Gasteiger partial charge on any atom is -0.493 e. The number of carbonyl (C=O) groups excluding carboxylic acids is 1. The monoisotopic (exact) mass is 456 g/mol. The van der Waals surface area contributed by atoms with Crippen LogP contribution in [0.15, 0.2) is 53.8 Å². The van der Waals surface area contributed by atoms with Crippen molar-refractivity contribution < 1.29 is 24.2 Å². The van der Waals surface area contributed by atoms with Crippen molar-refractivity contribution in [2.75, 3.05) is 13.2 Å². The molecule has 0 saturated heterocycles. The number of Topliss-reactive ketones (excluding diaryl/α,β-unsaturated/α-hetero) is 1. The summed E-state index contributed by atoms with van der Waals surface area (Å²) in [5.74, 6) is 1.91. The molecule has 0 fully saturated rings. The summed E-state index contributed by atoms with van der Waals surface area (Å²) in [6.45, 7) is 14.8. The number of ketones is 1. The molecule has 1 aliphatic heterocycles. The normalized spacial score (nSPS) is 18.4. The summed E-state index contributed by atoms with van der Waals surface area (Å²) in [6, 6.07) is 6.32. The lowest BCUT2D eigenvalue weighted by Gasteiger charge is -2.35. The molecule has 2 rings (SSSR count). The van der Waals surface area contributed by atoms with Crippen molar-refractivity contribution in [3.63, 3.8) is 0 Å². The Morgan fingerprint density at radius 1 is 1.15 bits per heavy atom. The molecule has 0 aromatic heterocycles. The molecule has 1 N–H and O–H groups in total. The Hall–Kier alpha value is -2.82. The zero-order valence-corrected chi connectivity index (χ0v) is 21.2. The van der Waals surface area contributed by atoms with Crippen molar-refractivity contribution >= 4 is 12.3 Å². The lowest BCUT2D eigenvalue weighted by Crippen LogP contribution is -2.29. The van der Waals surface area contributed by atoms with Gasteiger partial charge in [-0.05, 0) is 62.5 Å². The molecule has 0 unspecified atom stereocenters. The maximum absolute atomic E-state index is 12.2. The Kier molecular flexibility index (Phi) is 11.1. The second-order valence-electron chi connectivity index (χ2n) is 9.30. The van der Waals surface area contributed by atoms with E-state index >= 15 is 0 Å². The fourth-order valence-electron chi connectivity index (χ4n) is 3.80. The van der Waals surface area contributed by atoms with Gasteiger partial charge in [0, 0.05) is 5.41 Å². The fraction of sp³-hybridized carbons (Fsp3) is 0.500. The molecule has 182 valence electrons. The van der Waals surface area contributed by atoms with Crippen LogP contribution in [-0.2, 0) is 19.7 Å². The predicted octanol–water partition coefficient (Wildman–Crippen LogP) is 6.55. The number of hydrogen-bond donors (Lipinski definition) is 1. The van der Waals surface area contributed by atoms with Crippen molar-refractivity contribution in [1.29, 1.82) is 0 Å². The number of carboxylic acid groups (broad SMARTS) is 1. The van der Waals surface area contributed by atoms with Crippen LogP contribution in [-0.4, -0.2) is 30.6 Å². The molecule has 0 atom stereocenters. The van der Waals surface area contributed by atoms with Gasteiger partial charge in [-0.25, -0.2) is 0 Å². The summed E-state index contributed by atoms with van der Waals surface area (Å²) in [6.07, 6.45) is 11.4. The van der Waals surface area contributed by atoms with E-state index in [1.807, 2.05) is 33.8 Å². The summed E-state index contributed by atoms with van der Waals surface area (Å²) in [4.78, 5) is 20.6. The van der Waals surface area contributed by atoms with Crippen LogP contribution < -0.4 is 4.74 Å². The van der Waals surface area contributed by atoms with Gasteiger partial charge in [0.2, 0.25) is 0 Å². The zero-order chi connectivity index (χ0) is 25.1. The van der Waals surface area contributed by atoms with E-state index in [0.29, 0.717) is 6.61 Å². The Balaban J connectivity index is 0.00000172. The molecule has 1 aromatic carbocycles. The van der Waals surface area contributed by atoms with Gasteiger partial charge in [-0.3, -0.25) is 9.59 Å². The van der Waals surface area contributed by atoms with Crippen LogP contribution in [0.3, 0.4) is 0 Å². The second-order valence-corrected chi connectivity index (χ2v) is 9.30. The molecule has 0 saturated carbocycles. The molecule has 1 aromatic rings. The largest absolute Gasteiger partial charge is 0.493 e. The minimum atomic E-state index is -0.393. The van der Waals surface area contributed by atoms with Crippen molar-refractivity contribution in [2.24, 2.45) is 5.41 Å². The van der Waals surface area contributed by atoms with E-state index in [0.717, 1.165) is 36.3 Å². The number of allylic oxidation sites excluding steroid dienone is 5. The first-order valence-corrected chi connectivity index (χ1v) is 11.6. The van der Waals surface area contributed by atoms with E-state index < -0.39 is 5.41 Å². The third-order valence-electron chi connectivity index (χ3n) is 6.06. The standard InChI is InChI=1S/C27H38O3.CH2O2/c1-8-27(9-2,25-14-10-12-20(3)13-11-17-29-25)22-15-16-23(21(4)18-22)30-19-24(28)26(5,6)7;2-1-3/h11-16,18H,8-10,17,19H2,1-7H3;1H,(H,2,3)/b13-11-,20-12-,25-14-;. The van der Waals surface area contributed by atoms with Gasteiger partial charge in [-0.1, -0.05) is 64.5 Å². The highest BCUT2D eigenvalue weighted by Crippen LogP contribution is 2.41. The SMILES string of the molecule is CCC(CC)(/C1=C/C/C=C(C)\C=C/CO1)c1ccc(OCC(=O)C(C)(C)C)c(C)c1.O=CO. The van der Waals surface area contributed by atoms with Crippen LogP contribution in [0.1, 0.15) is 71.9 Å². The lowest BCUT2D eigenvalue weighted by atomic mass is 9.73. The summed E-state index contributed by atoms with van der Waals surface area (Å²) in [5, 5.41) is 6.89. The molecule has 0 spiro atoms. The third-order valence-corrected chi connectivity index (χ3v) is 6.06. The van der Waals surface area contributed by atoms with Gasteiger partial charge in [-0.15, -0.1) is 0 Å². The molecule has 1 heterocycles. The van der Waals surface area contributed by atoms with E-state index in [-0.39, 0.29) is 24.3 Å². The molecular weight excluding hydrogens is 416 g/mol. The van der Waals surface area contributed by atoms with Crippen molar-refractivity contribution in [1.82, 2.24) is 0 Å². The van der Waals surface area contributed by atoms with E-state index in [1.165, 1.54) is 11.1 Å². The molecule has 0 bridgehead atoms. The van der Waals surface area contributed by atoms with E-state index in [1.54, 1.807) is 0 Å². The van der Waals surface area contributed by atoms with Crippen LogP contribution in [0.2, 0.25) is 0 Å². The number of aryl methyl sites for hydroxylation is 1. The summed E-state index contributed by atoms with van der Waals surface area (Å²) >= 11 is 0. The van der Waals surface area contributed by atoms with Crippen LogP contribution in [0.25, 0.3) is 0 Å². The molecule has 5 nitrogen and oxygen atoms in total. The van der Waals surface area contributed by atoms with Gasteiger partial charge >= 0.3 is 0 Å². The van der Waals surface area contributed by atoms with E-state index in [9.17, 15) is 4.79 Å².